The van der Waals surface area contributed by atoms with Gasteiger partial charge in [-0.25, -0.2) is 18.5 Å². The van der Waals surface area contributed by atoms with E-state index in [1.807, 2.05) is 26.0 Å². The number of hydrogen-bond acceptors (Lipinski definition) is 7. The van der Waals surface area contributed by atoms with Crippen LogP contribution in [0.2, 0.25) is 5.15 Å². The lowest BCUT2D eigenvalue weighted by Gasteiger charge is -2.47. The minimum Gasteiger partial charge on any atom is -0.465 e. The van der Waals surface area contributed by atoms with Crippen molar-refractivity contribution >= 4 is 46.0 Å². The molecule has 1 amide bonds. The largest absolute Gasteiger partial charge is 0.465 e. The van der Waals surface area contributed by atoms with Gasteiger partial charge in [-0.2, -0.15) is 0 Å². The van der Waals surface area contributed by atoms with Gasteiger partial charge >= 0.3 is 6.09 Å². The van der Waals surface area contributed by atoms with Crippen molar-refractivity contribution < 1.29 is 23.4 Å². The first-order chi connectivity index (χ1) is 15.5. The maximum absolute atomic E-state index is 14.6. The Hall–Kier alpha value is -2.60. The third kappa shape index (κ3) is 4.21. The number of pyridine rings is 1. The number of piperazine rings is 1. The molecule has 0 saturated carbocycles. The Morgan fingerprint density at radius 1 is 1.27 bits per heavy atom. The van der Waals surface area contributed by atoms with Crippen molar-refractivity contribution in [3.05, 3.63) is 52.4 Å². The number of anilines is 2. The zero-order chi connectivity index (χ0) is 24.1. The fourth-order valence-electron chi connectivity index (χ4n) is 4.16. The molecule has 178 valence electrons. The van der Waals surface area contributed by atoms with Crippen LogP contribution in [0, 0.1) is 5.82 Å². The van der Waals surface area contributed by atoms with Gasteiger partial charge in [-0.3, -0.25) is 9.11 Å². The van der Waals surface area contributed by atoms with E-state index in [0.29, 0.717) is 5.69 Å². The van der Waals surface area contributed by atoms with Gasteiger partial charge in [0.1, 0.15) is 0 Å². The Bertz CT molecular complexity index is 1130. The molecule has 2 aliphatic heterocycles. The average molecular weight is 498 g/mol. The van der Waals surface area contributed by atoms with Gasteiger partial charge in [0.05, 0.1) is 11.3 Å². The van der Waals surface area contributed by atoms with Crippen molar-refractivity contribution in [1.82, 2.24) is 14.8 Å². The number of carboxylic acid groups (broad SMARTS) is 1. The maximum Gasteiger partial charge on any atom is 0.407 e. The van der Waals surface area contributed by atoms with Crippen LogP contribution in [0.5, 0.6) is 0 Å². The summed E-state index contributed by atoms with van der Waals surface area (Å²) in [6.07, 6.45) is -1.03. The van der Waals surface area contributed by atoms with E-state index in [1.54, 1.807) is 24.0 Å². The van der Waals surface area contributed by atoms with Crippen molar-refractivity contribution in [2.24, 2.45) is 4.40 Å². The first-order valence-corrected chi connectivity index (χ1v) is 12.2. The van der Waals surface area contributed by atoms with E-state index < -0.39 is 28.0 Å². The lowest BCUT2D eigenvalue weighted by molar-refractivity contribution is 0.106. The van der Waals surface area contributed by atoms with Crippen LogP contribution < -0.4 is 4.31 Å². The molecule has 0 bridgehead atoms. The zero-order valence-corrected chi connectivity index (χ0v) is 19.9. The standard InChI is InChI=1S/C21H25ClFN5O4S/c1-12(2)14-6-4-5-7-17(14)28-19-15(10-16(23)18(22)24-19)20(25-33(28,31)32)27-9-8-26(21(29)30)11-13(27)3/h4-7,10,12-13,31-32H,8-9,11H2,1-3H3,(H,29,30). The number of benzene rings is 1. The number of fused-ring (bicyclic) bond motifs is 1. The van der Waals surface area contributed by atoms with Crippen LogP contribution in [0.3, 0.4) is 0 Å². The van der Waals surface area contributed by atoms with Gasteiger partial charge in [0.25, 0.3) is 0 Å². The topological polar surface area (TPSA) is 113 Å². The number of para-hydroxylation sites is 1. The van der Waals surface area contributed by atoms with Crippen LogP contribution in [0.15, 0.2) is 34.7 Å². The van der Waals surface area contributed by atoms with Crippen molar-refractivity contribution in [2.75, 3.05) is 23.9 Å². The molecule has 1 aromatic heterocycles. The minimum atomic E-state index is -3.82. The normalized spacial score (nSPS) is 21.0. The molecule has 1 saturated heterocycles. The molecule has 3 N–H and O–H groups in total. The number of hydrogen-bond donors (Lipinski definition) is 3. The minimum absolute atomic E-state index is 0.0465. The monoisotopic (exact) mass is 497 g/mol. The van der Waals surface area contributed by atoms with Gasteiger partial charge in [-0.1, -0.05) is 43.6 Å². The van der Waals surface area contributed by atoms with Crippen LogP contribution in [0.1, 0.15) is 37.8 Å². The van der Waals surface area contributed by atoms with Gasteiger partial charge in [-0.15, -0.1) is 4.40 Å². The van der Waals surface area contributed by atoms with Crippen LogP contribution in [-0.4, -0.2) is 66.6 Å². The summed E-state index contributed by atoms with van der Waals surface area (Å²) in [7, 11) is -3.82. The van der Waals surface area contributed by atoms with E-state index in [-0.39, 0.29) is 48.8 Å². The first kappa shape index (κ1) is 23.6. The first-order valence-electron chi connectivity index (χ1n) is 10.4. The second-order valence-corrected chi connectivity index (χ2v) is 10.2. The van der Waals surface area contributed by atoms with Gasteiger partial charge in [0.15, 0.2) is 22.6 Å². The quantitative estimate of drug-likeness (QED) is 0.491. The molecule has 0 aliphatic carbocycles. The third-order valence-corrected chi connectivity index (χ3v) is 7.29. The Morgan fingerprint density at radius 3 is 2.61 bits per heavy atom. The van der Waals surface area contributed by atoms with Crippen LogP contribution >= 0.6 is 22.6 Å². The number of amides is 1. The van der Waals surface area contributed by atoms with Gasteiger partial charge < -0.3 is 14.9 Å². The molecule has 1 fully saturated rings. The molecule has 1 aromatic carbocycles. The van der Waals surface area contributed by atoms with E-state index in [9.17, 15) is 23.4 Å². The van der Waals surface area contributed by atoms with Crippen molar-refractivity contribution in [2.45, 2.75) is 32.7 Å². The Kier molecular flexibility index (Phi) is 6.16. The number of amidine groups is 1. The lowest BCUT2D eigenvalue weighted by atomic mass is 10.0. The summed E-state index contributed by atoms with van der Waals surface area (Å²) in [6.45, 7) is 6.36. The predicted octanol–water partition coefficient (Wildman–Crippen LogP) is 5.16. The molecular weight excluding hydrogens is 473 g/mol. The van der Waals surface area contributed by atoms with Crippen molar-refractivity contribution in [1.29, 1.82) is 0 Å². The summed E-state index contributed by atoms with van der Waals surface area (Å²) in [5, 5.41) is 8.91. The molecule has 0 spiro atoms. The molecule has 1 atom stereocenters. The smallest absolute Gasteiger partial charge is 0.407 e. The molecule has 2 aliphatic rings. The van der Waals surface area contributed by atoms with Gasteiger partial charge in [0.2, 0.25) is 0 Å². The van der Waals surface area contributed by atoms with Gasteiger partial charge in [-0.05, 0) is 41.5 Å². The molecule has 0 radical (unpaired) electrons. The molecule has 33 heavy (non-hydrogen) atoms. The molecule has 2 aromatic rings. The highest BCUT2D eigenvalue weighted by molar-refractivity contribution is 8.24. The van der Waals surface area contributed by atoms with Crippen LogP contribution in [0.25, 0.3) is 0 Å². The molecule has 1 unspecified atom stereocenters. The zero-order valence-electron chi connectivity index (χ0n) is 18.3. The van der Waals surface area contributed by atoms with Crippen LogP contribution in [-0.2, 0) is 0 Å². The average Bonchev–Trinajstić information content (AvgIpc) is 2.74. The summed E-state index contributed by atoms with van der Waals surface area (Å²) < 4.78 is 42.4. The van der Waals surface area contributed by atoms with E-state index in [4.69, 9.17) is 11.6 Å². The Morgan fingerprint density at radius 2 is 1.97 bits per heavy atom. The van der Waals surface area contributed by atoms with E-state index >= 15 is 0 Å². The highest BCUT2D eigenvalue weighted by atomic mass is 35.5. The van der Waals surface area contributed by atoms with Crippen molar-refractivity contribution in [3.8, 4) is 0 Å². The summed E-state index contributed by atoms with van der Waals surface area (Å²) in [4.78, 5) is 18.6. The summed E-state index contributed by atoms with van der Waals surface area (Å²) >= 11 is 6.02. The maximum atomic E-state index is 14.6. The summed E-state index contributed by atoms with van der Waals surface area (Å²) in [6, 6.07) is 8.03. The van der Waals surface area contributed by atoms with Gasteiger partial charge in [0, 0.05) is 25.7 Å². The van der Waals surface area contributed by atoms with Crippen LogP contribution in [0.4, 0.5) is 20.7 Å². The fraction of sp³-hybridized carbons (Fsp3) is 0.381. The summed E-state index contributed by atoms with van der Waals surface area (Å²) in [5.41, 5.74) is 1.56. The number of nitrogens with zero attached hydrogens (tertiary/aromatic N) is 5. The van der Waals surface area contributed by atoms with Crippen molar-refractivity contribution in [3.63, 3.8) is 0 Å². The van der Waals surface area contributed by atoms with E-state index in [2.05, 4.69) is 9.38 Å². The third-order valence-electron chi connectivity index (χ3n) is 5.75. The SMILES string of the molecule is CC(C)c1ccccc1N1c2nc(Cl)c(F)cc2C(N2CCN(C(=O)O)CC2C)=NS1(O)O. The number of carbonyl (C=O) groups is 1. The Balaban J connectivity index is 1.88. The molecule has 4 rings (SSSR count). The molecule has 12 heteroatoms. The number of rotatable bonds is 2. The summed E-state index contributed by atoms with van der Waals surface area (Å²) in [5.74, 6) is -0.503. The fourth-order valence-corrected chi connectivity index (χ4v) is 5.61. The molecular formula is C21H25ClFN5O4S. The Labute approximate surface area is 197 Å². The molecule has 9 nitrogen and oxygen atoms in total. The second kappa shape index (κ2) is 8.64. The second-order valence-electron chi connectivity index (χ2n) is 8.32. The van der Waals surface area contributed by atoms with E-state index in [1.165, 1.54) is 15.3 Å². The lowest BCUT2D eigenvalue weighted by Crippen LogP contribution is -2.56. The molecule has 3 heterocycles. The number of halogens is 2. The number of aromatic nitrogens is 1. The highest BCUT2D eigenvalue weighted by Crippen LogP contribution is 2.57. The highest BCUT2D eigenvalue weighted by Gasteiger charge is 2.41. The predicted molar refractivity (Wildman–Crippen MR) is 127 cm³/mol. The van der Waals surface area contributed by atoms with E-state index in [0.717, 1.165) is 5.56 Å².